The predicted octanol–water partition coefficient (Wildman–Crippen LogP) is 5.19. The largest absolute Gasteiger partial charge is 0.362 e. The average molecular weight is 488 g/mol. The van der Waals surface area contributed by atoms with Crippen molar-refractivity contribution in [1.29, 1.82) is 0 Å². The van der Waals surface area contributed by atoms with E-state index in [0.717, 1.165) is 16.7 Å². The quantitative estimate of drug-likeness (QED) is 0.497. The number of ketones is 1. The van der Waals surface area contributed by atoms with E-state index in [0.29, 0.717) is 6.42 Å². The molecule has 0 bridgehead atoms. The van der Waals surface area contributed by atoms with Crippen LogP contribution in [0.25, 0.3) is 6.08 Å². The first-order valence-electron chi connectivity index (χ1n) is 11.9. The maximum atomic E-state index is 13.5. The van der Waals surface area contributed by atoms with Crippen molar-refractivity contribution >= 4 is 21.9 Å². The van der Waals surface area contributed by atoms with Crippen LogP contribution in [-0.2, 0) is 19.6 Å². The Morgan fingerprint density at radius 1 is 0.943 bits per heavy atom. The van der Waals surface area contributed by atoms with Gasteiger partial charge < -0.3 is 4.74 Å². The van der Waals surface area contributed by atoms with Crippen LogP contribution in [0, 0.1) is 12.8 Å². The highest BCUT2D eigenvalue weighted by Crippen LogP contribution is 2.45. The highest BCUT2D eigenvalue weighted by atomic mass is 32.2. The number of benzene rings is 3. The Labute approximate surface area is 207 Å². The lowest BCUT2D eigenvalue weighted by Gasteiger charge is -2.49. The molecule has 2 aliphatic rings. The van der Waals surface area contributed by atoms with E-state index in [2.05, 4.69) is 0 Å². The van der Waals surface area contributed by atoms with E-state index in [9.17, 15) is 13.2 Å². The Hall–Kier alpha value is -3.06. The summed E-state index contributed by atoms with van der Waals surface area (Å²) in [5, 5.41) is 0. The van der Waals surface area contributed by atoms with Crippen LogP contribution in [0.5, 0.6) is 0 Å². The fourth-order valence-electron chi connectivity index (χ4n) is 5.04. The monoisotopic (exact) mass is 487 g/mol. The van der Waals surface area contributed by atoms with Gasteiger partial charge >= 0.3 is 0 Å². The molecule has 5 nitrogen and oxygen atoms in total. The van der Waals surface area contributed by atoms with Crippen LogP contribution in [-0.4, -0.2) is 37.2 Å². The summed E-state index contributed by atoms with van der Waals surface area (Å²) in [5.41, 5.74) is 2.09. The topological polar surface area (TPSA) is 63.7 Å². The third-order valence-electron chi connectivity index (χ3n) is 7.05. The summed E-state index contributed by atoms with van der Waals surface area (Å²) in [6.07, 6.45) is 4.24. The lowest BCUT2D eigenvalue weighted by Crippen LogP contribution is -2.59. The fourth-order valence-corrected chi connectivity index (χ4v) is 6.50. The number of carbonyl (C=O) groups excluding carboxylic acids is 1. The number of aryl methyl sites for hydroxylation is 1. The van der Waals surface area contributed by atoms with Gasteiger partial charge in [0.05, 0.1) is 22.5 Å². The molecule has 5 rings (SSSR count). The van der Waals surface area contributed by atoms with E-state index in [4.69, 9.17) is 4.74 Å². The van der Waals surface area contributed by atoms with Crippen LogP contribution in [0.3, 0.4) is 0 Å². The van der Waals surface area contributed by atoms with Crippen LogP contribution < -0.4 is 0 Å². The summed E-state index contributed by atoms with van der Waals surface area (Å²) >= 11 is 0. The number of hydrogen-bond donors (Lipinski definition) is 0. The number of hydrogen-bond acceptors (Lipinski definition) is 4. The number of nitrogens with zero attached hydrogens (tertiary/aromatic N) is 1. The first kappa shape index (κ1) is 23.7. The van der Waals surface area contributed by atoms with Gasteiger partial charge in [-0.15, -0.1) is 0 Å². The molecule has 0 radical (unpaired) electrons. The second-order valence-corrected chi connectivity index (χ2v) is 11.3. The van der Waals surface area contributed by atoms with Crippen molar-refractivity contribution in [2.75, 3.05) is 13.1 Å². The second kappa shape index (κ2) is 9.53. The number of Topliss-reactive ketones (excluding diaryl/α,β-unsaturated/α-hetero) is 1. The number of piperidine rings is 1. The average Bonchev–Trinajstić information content (AvgIpc) is 2.88. The SMILES string of the molecule is Cc1ccc(S(=O)(=O)N2CC[C@]3(/C=C/c4ccccc4)OC(c4ccccc4)CC(=O)[C@@H]3C2)cc1. The molecule has 1 unspecified atom stereocenters. The van der Waals surface area contributed by atoms with Gasteiger partial charge in [-0.05, 0) is 36.6 Å². The van der Waals surface area contributed by atoms with Crippen LogP contribution in [0.1, 0.15) is 35.6 Å². The number of ether oxygens (including phenoxy) is 1. The van der Waals surface area contributed by atoms with Gasteiger partial charge in [0, 0.05) is 19.5 Å². The molecular weight excluding hydrogens is 458 g/mol. The van der Waals surface area contributed by atoms with E-state index in [-0.39, 0.29) is 36.3 Å². The van der Waals surface area contributed by atoms with E-state index in [1.54, 1.807) is 24.3 Å². The number of carbonyl (C=O) groups is 1. The zero-order valence-corrected chi connectivity index (χ0v) is 20.5. The van der Waals surface area contributed by atoms with Gasteiger partial charge in [-0.3, -0.25) is 4.79 Å². The van der Waals surface area contributed by atoms with Gasteiger partial charge in [0.2, 0.25) is 10.0 Å². The van der Waals surface area contributed by atoms with Crippen molar-refractivity contribution in [2.45, 2.75) is 36.4 Å². The van der Waals surface area contributed by atoms with Crippen LogP contribution >= 0.6 is 0 Å². The first-order chi connectivity index (χ1) is 16.9. The standard InChI is InChI=1S/C29H29NO4S/c1-22-12-14-25(15-13-22)35(32,33)30-19-18-29(17-16-23-8-4-2-5-9-23)26(21-30)27(31)20-28(34-29)24-10-6-3-7-11-24/h2-17,26,28H,18-21H2,1H3/b17-16+/t26-,28?,29-/m0/s1. The van der Waals surface area contributed by atoms with Gasteiger partial charge in [-0.1, -0.05) is 90.5 Å². The van der Waals surface area contributed by atoms with Crippen LogP contribution in [0.4, 0.5) is 0 Å². The van der Waals surface area contributed by atoms with Gasteiger partial charge in [-0.25, -0.2) is 8.42 Å². The fraction of sp³-hybridized carbons (Fsp3) is 0.276. The Balaban J connectivity index is 1.48. The summed E-state index contributed by atoms with van der Waals surface area (Å²) in [6.45, 7) is 2.31. The molecule has 0 saturated carbocycles. The third kappa shape index (κ3) is 4.74. The molecule has 6 heteroatoms. The number of rotatable bonds is 5. The van der Waals surface area contributed by atoms with Crippen LogP contribution in [0.2, 0.25) is 0 Å². The zero-order valence-electron chi connectivity index (χ0n) is 19.7. The maximum Gasteiger partial charge on any atom is 0.243 e. The summed E-state index contributed by atoms with van der Waals surface area (Å²) in [6, 6.07) is 26.5. The van der Waals surface area contributed by atoms with Crippen molar-refractivity contribution in [3.05, 3.63) is 108 Å². The normalized spacial score (nSPS) is 25.5. The van der Waals surface area contributed by atoms with Crippen LogP contribution in [0.15, 0.2) is 95.9 Å². The second-order valence-electron chi connectivity index (χ2n) is 9.37. The Morgan fingerprint density at radius 2 is 1.60 bits per heavy atom. The van der Waals surface area contributed by atoms with Crippen molar-refractivity contribution < 1.29 is 17.9 Å². The van der Waals surface area contributed by atoms with E-state index < -0.39 is 21.5 Å². The molecule has 180 valence electrons. The molecule has 0 spiro atoms. The number of fused-ring (bicyclic) bond motifs is 1. The predicted molar refractivity (Wildman–Crippen MR) is 136 cm³/mol. The molecule has 3 atom stereocenters. The molecule has 2 aliphatic heterocycles. The smallest absolute Gasteiger partial charge is 0.243 e. The molecule has 0 aromatic heterocycles. The van der Waals surface area contributed by atoms with Crippen molar-refractivity contribution in [2.24, 2.45) is 5.92 Å². The summed E-state index contributed by atoms with van der Waals surface area (Å²) < 4.78 is 35.0. The highest BCUT2D eigenvalue weighted by Gasteiger charge is 2.53. The summed E-state index contributed by atoms with van der Waals surface area (Å²) in [4.78, 5) is 13.8. The Kier molecular flexibility index (Phi) is 6.45. The molecule has 0 aliphatic carbocycles. The first-order valence-corrected chi connectivity index (χ1v) is 13.4. The molecule has 2 heterocycles. The lowest BCUT2D eigenvalue weighted by molar-refractivity contribution is -0.172. The summed E-state index contributed by atoms with van der Waals surface area (Å²) in [5.74, 6) is -0.539. The molecule has 3 aromatic rings. The molecule has 0 amide bonds. The van der Waals surface area contributed by atoms with Gasteiger partial charge in [0.1, 0.15) is 5.78 Å². The van der Waals surface area contributed by atoms with Crippen molar-refractivity contribution in [3.8, 4) is 0 Å². The van der Waals surface area contributed by atoms with Gasteiger partial charge in [-0.2, -0.15) is 4.31 Å². The minimum absolute atomic E-state index is 0.0339. The Morgan fingerprint density at radius 3 is 2.29 bits per heavy atom. The maximum absolute atomic E-state index is 13.5. The molecular formula is C29H29NO4S. The zero-order chi connectivity index (χ0) is 24.5. The highest BCUT2D eigenvalue weighted by molar-refractivity contribution is 7.89. The molecule has 0 N–H and O–H groups in total. The minimum Gasteiger partial charge on any atom is -0.362 e. The van der Waals surface area contributed by atoms with E-state index in [1.807, 2.05) is 79.7 Å². The van der Waals surface area contributed by atoms with Gasteiger partial charge in [0.25, 0.3) is 0 Å². The molecule has 2 fully saturated rings. The van der Waals surface area contributed by atoms with E-state index in [1.165, 1.54) is 4.31 Å². The van der Waals surface area contributed by atoms with E-state index >= 15 is 0 Å². The van der Waals surface area contributed by atoms with Crippen molar-refractivity contribution in [1.82, 2.24) is 4.31 Å². The summed E-state index contributed by atoms with van der Waals surface area (Å²) in [7, 11) is -3.71. The van der Waals surface area contributed by atoms with Crippen molar-refractivity contribution in [3.63, 3.8) is 0 Å². The minimum atomic E-state index is -3.71. The Bertz CT molecular complexity index is 1320. The third-order valence-corrected chi connectivity index (χ3v) is 8.93. The molecule has 3 aromatic carbocycles. The van der Waals surface area contributed by atoms with Gasteiger partial charge in [0.15, 0.2) is 0 Å². The lowest BCUT2D eigenvalue weighted by atomic mass is 9.74. The molecule has 2 saturated heterocycles. The number of sulfonamides is 1. The molecule has 35 heavy (non-hydrogen) atoms.